The zero-order valence-corrected chi connectivity index (χ0v) is 16.1. The molecule has 0 spiro atoms. The zero-order valence-electron chi connectivity index (χ0n) is 16.1. The molecule has 150 valence electrons. The molecule has 1 atom stereocenters. The third-order valence-electron chi connectivity index (χ3n) is 4.15. The van der Waals surface area contributed by atoms with E-state index in [0.29, 0.717) is 28.8 Å². The maximum atomic E-state index is 12.3. The number of benzene rings is 2. The molecule has 0 saturated carbocycles. The lowest BCUT2D eigenvalue weighted by atomic mass is 10.2. The number of fused-ring (bicyclic) bond motifs is 1. The highest BCUT2D eigenvalue weighted by atomic mass is 16.5. The van der Waals surface area contributed by atoms with Crippen molar-refractivity contribution < 1.29 is 19.1 Å². The van der Waals surface area contributed by atoms with E-state index in [0.717, 1.165) is 0 Å². The molecule has 8 nitrogen and oxygen atoms in total. The van der Waals surface area contributed by atoms with Gasteiger partial charge in [0.2, 0.25) is 0 Å². The Hall–Kier alpha value is -3.68. The number of carbonyl (C=O) groups is 2. The van der Waals surface area contributed by atoms with E-state index in [1.165, 1.54) is 0 Å². The van der Waals surface area contributed by atoms with E-state index < -0.39 is 18.0 Å². The highest BCUT2D eigenvalue weighted by molar-refractivity contribution is 5.98. The minimum absolute atomic E-state index is 0.232. The van der Waals surface area contributed by atoms with Gasteiger partial charge in [0.15, 0.2) is 11.9 Å². The number of para-hydroxylation sites is 2. The summed E-state index contributed by atoms with van der Waals surface area (Å²) in [5.74, 6) is -0.436. The van der Waals surface area contributed by atoms with Crippen LogP contribution in [0.2, 0.25) is 0 Å². The number of H-pyrrole nitrogens is 1. The summed E-state index contributed by atoms with van der Waals surface area (Å²) >= 11 is 0. The van der Waals surface area contributed by atoms with Crippen LogP contribution in [-0.4, -0.2) is 35.0 Å². The lowest BCUT2D eigenvalue weighted by Gasteiger charge is -2.14. The van der Waals surface area contributed by atoms with Crippen molar-refractivity contribution in [2.45, 2.75) is 20.0 Å². The maximum Gasteiger partial charge on any atom is 0.326 e. The molecule has 2 N–H and O–H groups in total. The number of nitrogens with one attached hydrogen (secondary N) is 2. The topological polar surface area (TPSA) is 110 Å². The minimum atomic E-state index is -0.785. The third kappa shape index (κ3) is 4.78. The number of nitrogens with zero attached hydrogens (tertiary/aromatic N) is 1. The summed E-state index contributed by atoms with van der Waals surface area (Å²) in [6.45, 7) is 3.50. The second kappa shape index (κ2) is 9.01. The molecule has 0 bridgehead atoms. The molecule has 8 heteroatoms. The van der Waals surface area contributed by atoms with Crippen LogP contribution < -0.4 is 15.6 Å². The van der Waals surface area contributed by atoms with Gasteiger partial charge in [-0.2, -0.15) is 0 Å². The van der Waals surface area contributed by atoms with Crippen molar-refractivity contribution in [3.8, 4) is 5.75 Å². The Labute approximate surface area is 166 Å². The van der Waals surface area contributed by atoms with Crippen LogP contribution in [0.25, 0.3) is 10.9 Å². The van der Waals surface area contributed by atoms with Gasteiger partial charge in [0, 0.05) is 0 Å². The first-order valence-corrected chi connectivity index (χ1v) is 9.18. The molecule has 1 amide bonds. The van der Waals surface area contributed by atoms with Crippen molar-refractivity contribution >= 4 is 22.8 Å². The second-order valence-corrected chi connectivity index (χ2v) is 6.21. The Morgan fingerprint density at radius 2 is 1.86 bits per heavy atom. The molecule has 0 aliphatic carbocycles. The summed E-state index contributed by atoms with van der Waals surface area (Å²) in [5.41, 5.74) is 0.528. The fraction of sp³-hybridized carbons (Fsp3) is 0.238. The standard InChI is InChI=1S/C21H21N3O5/c1-3-28-17-11-7-5-9-15(17)20(26)22-12-18(25)29-13(2)19-23-16-10-6-4-8-14(16)21(27)24-19/h4-11,13H,3,12H2,1-2H3,(H,22,26)(H,23,24,27). The average molecular weight is 395 g/mol. The van der Waals surface area contributed by atoms with Crippen LogP contribution in [0.3, 0.4) is 0 Å². The van der Waals surface area contributed by atoms with Gasteiger partial charge in [-0.3, -0.25) is 14.4 Å². The van der Waals surface area contributed by atoms with Gasteiger partial charge in [0.05, 0.1) is 23.1 Å². The van der Waals surface area contributed by atoms with Crippen molar-refractivity contribution in [2.24, 2.45) is 0 Å². The van der Waals surface area contributed by atoms with E-state index in [1.54, 1.807) is 55.5 Å². The Morgan fingerprint density at radius 3 is 2.66 bits per heavy atom. The normalized spacial score (nSPS) is 11.7. The lowest BCUT2D eigenvalue weighted by molar-refractivity contribution is -0.147. The molecule has 0 aliphatic heterocycles. The van der Waals surface area contributed by atoms with Crippen LogP contribution in [0.15, 0.2) is 53.3 Å². The van der Waals surface area contributed by atoms with Crippen molar-refractivity contribution in [2.75, 3.05) is 13.2 Å². The fourth-order valence-electron chi connectivity index (χ4n) is 2.77. The summed E-state index contributed by atoms with van der Waals surface area (Å²) in [6.07, 6.45) is -0.785. The van der Waals surface area contributed by atoms with Crippen molar-refractivity contribution in [3.05, 3.63) is 70.3 Å². The quantitative estimate of drug-likeness (QED) is 0.594. The number of hydrogen-bond acceptors (Lipinski definition) is 6. The predicted molar refractivity (Wildman–Crippen MR) is 107 cm³/mol. The lowest BCUT2D eigenvalue weighted by Crippen LogP contribution is -2.31. The molecule has 2 aromatic carbocycles. The molecule has 29 heavy (non-hydrogen) atoms. The molecule has 0 aliphatic rings. The first-order chi connectivity index (χ1) is 14.0. The van der Waals surface area contributed by atoms with Crippen LogP contribution in [0, 0.1) is 0 Å². The summed E-state index contributed by atoms with van der Waals surface area (Å²) in [5, 5.41) is 2.96. The zero-order chi connectivity index (χ0) is 20.8. The molecular formula is C21H21N3O5. The van der Waals surface area contributed by atoms with Gasteiger partial charge in [-0.15, -0.1) is 0 Å². The van der Waals surface area contributed by atoms with Gasteiger partial charge in [0.1, 0.15) is 12.3 Å². The van der Waals surface area contributed by atoms with E-state index in [9.17, 15) is 14.4 Å². The second-order valence-electron chi connectivity index (χ2n) is 6.21. The predicted octanol–water partition coefficient (Wildman–Crippen LogP) is 2.36. The number of amides is 1. The van der Waals surface area contributed by atoms with Crippen LogP contribution in [0.4, 0.5) is 0 Å². The minimum Gasteiger partial charge on any atom is -0.493 e. The van der Waals surface area contributed by atoms with Crippen LogP contribution >= 0.6 is 0 Å². The molecule has 3 rings (SSSR count). The number of aromatic nitrogens is 2. The summed E-state index contributed by atoms with van der Waals surface area (Å²) in [6, 6.07) is 13.6. The maximum absolute atomic E-state index is 12.3. The van der Waals surface area contributed by atoms with Crippen molar-refractivity contribution in [1.29, 1.82) is 0 Å². The Bertz CT molecular complexity index is 1090. The summed E-state index contributed by atoms with van der Waals surface area (Å²) in [7, 11) is 0. The molecule has 0 fully saturated rings. The van der Waals surface area contributed by atoms with Gasteiger partial charge < -0.3 is 19.8 Å². The molecule has 1 aromatic heterocycles. The van der Waals surface area contributed by atoms with E-state index in [2.05, 4.69) is 15.3 Å². The Kier molecular flexibility index (Phi) is 6.23. The van der Waals surface area contributed by atoms with Gasteiger partial charge in [-0.1, -0.05) is 24.3 Å². The van der Waals surface area contributed by atoms with Gasteiger partial charge in [0.25, 0.3) is 11.5 Å². The van der Waals surface area contributed by atoms with E-state index in [-0.39, 0.29) is 17.9 Å². The van der Waals surface area contributed by atoms with Crippen LogP contribution in [-0.2, 0) is 9.53 Å². The van der Waals surface area contributed by atoms with E-state index in [4.69, 9.17) is 9.47 Å². The number of rotatable bonds is 7. The molecule has 1 heterocycles. The van der Waals surface area contributed by atoms with E-state index in [1.807, 2.05) is 6.92 Å². The number of esters is 1. The SMILES string of the molecule is CCOc1ccccc1C(=O)NCC(=O)OC(C)c1nc2ccccc2c(=O)[nH]1. The Balaban J connectivity index is 1.62. The third-order valence-corrected chi connectivity index (χ3v) is 4.15. The van der Waals surface area contributed by atoms with Crippen LogP contribution in [0.5, 0.6) is 5.75 Å². The highest BCUT2D eigenvalue weighted by Gasteiger charge is 2.17. The summed E-state index contributed by atoms with van der Waals surface area (Å²) < 4.78 is 10.7. The van der Waals surface area contributed by atoms with Crippen LogP contribution in [0.1, 0.15) is 36.1 Å². The summed E-state index contributed by atoms with van der Waals surface area (Å²) in [4.78, 5) is 43.6. The smallest absolute Gasteiger partial charge is 0.326 e. The number of carbonyl (C=O) groups excluding carboxylic acids is 2. The molecule has 3 aromatic rings. The average Bonchev–Trinajstić information content (AvgIpc) is 2.72. The Morgan fingerprint density at radius 1 is 1.14 bits per heavy atom. The molecular weight excluding hydrogens is 374 g/mol. The number of hydrogen-bond donors (Lipinski definition) is 2. The molecule has 0 radical (unpaired) electrons. The highest BCUT2D eigenvalue weighted by Crippen LogP contribution is 2.18. The number of aromatic amines is 1. The van der Waals surface area contributed by atoms with Crippen molar-refractivity contribution in [1.82, 2.24) is 15.3 Å². The molecule has 0 saturated heterocycles. The van der Waals surface area contributed by atoms with Gasteiger partial charge >= 0.3 is 5.97 Å². The number of ether oxygens (including phenoxy) is 2. The van der Waals surface area contributed by atoms with E-state index >= 15 is 0 Å². The fourth-order valence-corrected chi connectivity index (χ4v) is 2.77. The molecule has 1 unspecified atom stereocenters. The van der Waals surface area contributed by atoms with Gasteiger partial charge in [-0.25, -0.2) is 4.98 Å². The largest absolute Gasteiger partial charge is 0.493 e. The first kappa shape index (κ1) is 20.1. The first-order valence-electron chi connectivity index (χ1n) is 9.18. The van der Waals surface area contributed by atoms with Crippen molar-refractivity contribution in [3.63, 3.8) is 0 Å². The monoisotopic (exact) mass is 395 g/mol. The van der Waals surface area contributed by atoms with Gasteiger partial charge in [-0.05, 0) is 38.1 Å².